The molecule has 68 valence electrons. The molecule has 0 aliphatic carbocycles. The molecule has 1 aromatic rings. The lowest BCUT2D eigenvalue weighted by Crippen LogP contribution is -1.94. The molecule has 0 aliphatic rings. The van der Waals surface area contributed by atoms with Gasteiger partial charge in [-0.15, -0.1) is 11.6 Å². The molecular weight excluding hydrogens is 184 g/mol. The smallest absolute Gasteiger partial charge is 0.170 e. The van der Waals surface area contributed by atoms with Crippen molar-refractivity contribution >= 4 is 23.0 Å². The van der Waals surface area contributed by atoms with Crippen molar-refractivity contribution in [3.63, 3.8) is 0 Å². The van der Waals surface area contributed by atoms with Crippen LogP contribution in [-0.4, -0.2) is 11.7 Å². The first-order valence-electron chi connectivity index (χ1n) is 4.06. The number of alkyl halides is 1. The summed E-state index contributed by atoms with van der Waals surface area (Å²) in [5.41, 5.74) is 2.01. The average molecular weight is 195 g/mol. The summed E-state index contributed by atoms with van der Waals surface area (Å²) in [4.78, 5) is 11.0. The first-order valence-corrected chi connectivity index (χ1v) is 4.60. The van der Waals surface area contributed by atoms with Crippen molar-refractivity contribution < 1.29 is 4.79 Å². The normalized spacial score (nSPS) is 11.4. The van der Waals surface area contributed by atoms with Gasteiger partial charge >= 0.3 is 0 Å². The van der Waals surface area contributed by atoms with Gasteiger partial charge in [-0.25, -0.2) is 0 Å². The Bertz CT molecular complexity index is 314. The van der Waals surface area contributed by atoms with Gasteiger partial charge < -0.3 is 0 Å². The number of benzene rings is 1. The molecule has 1 rings (SSSR count). The van der Waals surface area contributed by atoms with Crippen LogP contribution < -0.4 is 0 Å². The SMILES string of the molecule is C/C(=C\C(=O)CCl)c1ccccc1. The summed E-state index contributed by atoms with van der Waals surface area (Å²) in [6.07, 6.45) is 1.57. The summed E-state index contributed by atoms with van der Waals surface area (Å²) in [7, 11) is 0. The second kappa shape index (κ2) is 4.83. The third kappa shape index (κ3) is 3.03. The van der Waals surface area contributed by atoms with Crippen LogP contribution in [0.15, 0.2) is 36.4 Å². The molecule has 0 atom stereocenters. The fourth-order valence-electron chi connectivity index (χ4n) is 1.06. The number of carbonyl (C=O) groups excluding carboxylic acids is 1. The summed E-state index contributed by atoms with van der Waals surface area (Å²) < 4.78 is 0. The Labute approximate surface area is 83.0 Å². The van der Waals surface area contributed by atoms with Crippen molar-refractivity contribution in [3.05, 3.63) is 42.0 Å². The maximum Gasteiger partial charge on any atom is 0.170 e. The summed E-state index contributed by atoms with van der Waals surface area (Å²) in [5, 5.41) is 0. The zero-order chi connectivity index (χ0) is 9.68. The van der Waals surface area contributed by atoms with Crippen LogP contribution in [0.1, 0.15) is 12.5 Å². The molecule has 0 radical (unpaired) electrons. The molecule has 0 unspecified atom stereocenters. The molecule has 0 bridgehead atoms. The van der Waals surface area contributed by atoms with Crippen LogP contribution in [0.25, 0.3) is 5.57 Å². The molecule has 13 heavy (non-hydrogen) atoms. The van der Waals surface area contributed by atoms with E-state index < -0.39 is 0 Å². The van der Waals surface area contributed by atoms with E-state index in [4.69, 9.17) is 11.6 Å². The molecule has 0 aromatic heterocycles. The standard InChI is InChI=1S/C11H11ClO/c1-9(7-11(13)8-12)10-5-3-2-4-6-10/h2-7H,8H2,1H3/b9-7+. The topological polar surface area (TPSA) is 17.1 Å². The van der Waals surface area contributed by atoms with E-state index in [9.17, 15) is 4.79 Å². The molecule has 1 nitrogen and oxygen atoms in total. The minimum atomic E-state index is -0.0528. The van der Waals surface area contributed by atoms with Gasteiger partial charge in [0, 0.05) is 0 Å². The van der Waals surface area contributed by atoms with E-state index in [1.807, 2.05) is 37.3 Å². The lowest BCUT2D eigenvalue weighted by Gasteiger charge is -1.98. The number of allylic oxidation sites excluding steroid dienone is 2. The van der Waals surface area contributed by atoms with Gasteiger partial charge in [-0.1, -0.05) is 30.3 Å². The zero-order valence-electron chi connectivity index (χ0n) is 7.46. The highest BCUT2D eigenvalue weighted by Gasteiger charge is 1.97. The highest BCUT2D eigenvalue weighted by atomic mass is 35.5. The fraction of sp³-hybridized carbons (Fsp3) is 0.182. The van der Waals surface area contributed by atoms with Crippen LogP contribution >= 0.6 is 11.6 Å². The van der Waals surface area contributed by atoms with Crippen molar-refractivity contribution in [2.45, 2.75) is 6.92 Å². The summed E-state index contributed by atoms with van der Waals surface area (Å²) in [6.45, 7) is 1.90. The number of hydrogen-bond acceptors (Lipinski definition) is 1. The Kier molecular flexibility index (Phi) is 3.71. The first kappa shape index (κ1) is 10.0. The third-order valence-electron chi connectivity index (χ3n) is 1.74. The van der Waals surface area contributed by atoms with Crippen LogP contribution in [0, 0.1) is 0 Å². The summed E-state index contributed by atoms with van der Waals surface area (Å²) >= 11 is 5.39. The number of carbonyl (C=O) groups is 1. The lowest BCUT2D eigenvalue weighted by atomic mass is 10.1. The van der Waals surface area contributed by atoms with Crippen molar-refractivity contribution in [2.24, 2.45) is 0 Å². The van der Waals surface area contributed by atoms with Gasteiger partial charge in [0.15, 0.2) is 5.78 Å². The maximum atomic E-state index is 11.0. The molecule has 0 saturated heterocycles. The van der Waals surface area contributed by atoms with Crippen molar-refractivity contribution in [1.29, 1.82) is 0 Å². The van der Waals surface area contributed by atoms with E-state index >= 15 is 0 Å². The van der Waals surface area contributed by atoms with E-state index in [1.165, 1.54) is 0 Å². The Hall–Kier alpha value is -1.08. The molecule has 0 aliphatic heterocycles. The monoisotopic (exact) mass is 194 g/mol. The van der Waals surface area contributed by atoms with E-state index in [1.54, 1.807) is 6.08 Å². The van der Waals surface area contributed by atoms with E-state index in [2.05, 4.69) is 0 Å². The van der Waals surface area contributed by atoms with Gasteiger partial charge in [0.25, 0.3) is 0 Å². The van der Waals surface area contributed by atoms with Gasteiger partial charge in [0.05, 0.1) is 5.88 Å². The minimum Gasteiger partial charge on any atom is -0.293 e. The van der Waals surface area contributed by atoms with E-state index in [0.717, 1.165) is 11.1 Å². The Morgan fingerprint density at radius 1 is 1.38 bits per heavy atom. The molecule has 0 amide bonds. The van der Waals surface area contributed by atoms with Crippen molar-refractivity contribution in [3.8, 4) is 0 Å². The number of halogens is 1. The molecular formula is C11H11ClO. The second-order valence-corrected chi connectivity index (χ2v) is 3.06. The summed E-state index contributed by atoms with van der Waals surface area (Å²) in [6, 6.07) is 9.76. The zero-order valence-corrected chi connectivity index (χ0v) is 8.21. The molecule has 0 fully saturated rings. The first-order chi connectivity index (χ1) is 6.24. The maximum absolute atomic E-state index is 11.0. The molecule has 0 N–H and O–H groups in total. The fourth-order valence-corrected chi connectivity index (χ4v) is 1.14. The molecule has 2 heteroatoms. The molecule has 0 saturated carbocycles. The number of ketones is 1. The largest absolute Gasteiger partial charge is 0.293 e. The highest BCUT2D eigenvalue weighted by molar-refractivity contribution is 6.30. The van der Waals surface area contributed by atoms with Gasteiger partial charge in [0.1, 0.15) is 0 Å². The van der Waals surface area contributed by atoms with Gasteiger partial charge in [-0.3, -0.25) is 4.79 Å². The van der Waals surface area contributed by atoms with Crippen LogP contribution in [0.2, 0.25) is 0 Å². The molecule has 0 heterocycles. The van der Waals surface area contributed by atoms with Crippen molar-refractivity contribution in [1.82, 2.24) is 0 Å². The van der Waals surface area contributed by atoms with Gasteiger partial charge in [-0.05, 0) is 24.1 Å². The molecule has 1 aromatic carbocycles. The van der Waals surface area contributed by atoms with E-state index in [-0.39, 0.29) is 11.7 Å². The number of hydrogen-bond donors (Lipinski definition) is 0. The highest BCUT2D eigenvalue weighted by Crippen LogP contribution is 2.12. The van der Waals surface area contributed by atoms with Crippen LogP contribution in [-0.2, 0) is 4.79 Å². The minimum absolute atomic E-state index is 0.0458. The number of rotatable bonds is 3. The quantitative estimate of drug-likeness (QED) is 0.534. The second-order valence-electron chi connectivity index (χ2n) is 2.79. The Balaban J connectivity index is 2.85. The van der Waals surface area contributed by atoms with Gasteiger partial charge in [-0.2, -0.15) is 0 Å². The predicted molar refractivity (Wildman–Crippen MR) is 55.8 cm³/mol. The van der Waals surface area contributed by atoms with E-state index in [0.29, 0.717) is 0 Å². The third-order valence-corrected chi connectivity index (χ3v) is 2.00. The van der Waals surface area contributed by atoms with Crippen LogP contribution in [0.3, 0.4) is 0 Å². The van der Waals surface area contributed by atoms with Crippen LogP contribution in [0.5, 0.6) is 0 Å². The summed E-state index contributed by atoms with van der Waals surface area (Å²) in [5.74, 6) is -0.00695. The van der Waals surface area contributed by atoms with Gasteiger partial charge in [0.2, 0.25) is 0 Å². The Morgan fingerprint density at radius 2 is 2.00 bits per heavy atom. The average Bonchev–Trinajstić information content (AvgIpc) is 2.19. The Morgan fingerprint density at radius 3 is 2.54 bits per heavy atom. The molecule has 0 spiro atoms. The lowest BCUT2D eigenvalue weighted by molar-refractivity contribution is -0.112. The predicted octanol–water partition coefficient (Wildman–Crippen LogP) is 2.90. The van der Waals surface area contributed by atoms with Crippen molar-refractivity contribution in [2.75, 3.05) is 5.88 Å². The van der Waals surface area contributed by atoms with Crippen LogP contribution in [0.4, 0.5) is 0 Å².